The number of rotatable bonds is 4. The first-order valence-corrected chi connectivity index (χ1v) is 11.7. The van der Waals surface area contributed by atoms with E-state index in [-0.39, 0.29) is 11.8 Å². The molecule has 4 rings (SSSR count). The Morgan fingerprint density at radius 3 is 2.23 bits per heavy atom. The summed E-state index contributed by atoms with van der Waals surface area (Å²) >= 11 is 0. The van der Waals surface area contributed by atoms with E-state index in [0.717, 1.165) is 43.4 Å². The monoisotopic (exact) mass is 494 g/mol. The largest absolute Gasteiger partial charge is 0.416 e. The number of fused-ring (bicyclic) bond motifs is 1. The molecular weight excluding hydrogens is 461 g/mol. The van der Waals surface area contributed by atoms with Gasteiger partial charge in [-0.3, -0.25) is 14.4 Å². The third kappa shape index (κ3) is 6.17. The number of hydrogen-bond donors (Lipinski definition) is 0. The van der Waals surface area contributed by atoms with Gasteiger partial charge in [-0.25, -0.2) is 0 Å². The Hall–Kier alpha value is -3.01. The Kier molecular flexibility index (Phi) is 10.2. The third-order valence-electron chi connectivity index (χ3n) is 6.66. The standard InChI is InChI=1S/C23H29F3N4O.2CH2O/c1-3-28-12-11-18-20(15-28)30(4-2)27-21(18)22(31)29-13-9-16(10-14-29)17-7-5-6-8-19(17)23(24,25)26;2*1-2/h5-8,16H,3-4,9-15H2,1-2H3;2*1H2. The van der Waals surface area contributed by atoms with Crippen LogP contribution in [0.3, 0.4) is 0 Å². The van der Waals surface area contributed by atoms with Crippen LogP contribution in [0, 0.1) is 0 Å². The lowest BCUT2D eigenvalue weighted by Gasteiger charge is -2.33. The van der Waals surface area contributed by atoms with Gasteiger partial charge in [0.05, 0.1) is 11.3 Å². The number of likely N-dealkylation sites (N-methyl/N-ethyl adjacent to an activating group) is 1. The van der Waals surface area contributed by atoms with Gasteiger partial charge < -0.3 is 14.5 Å². The lowest BCUT2D eigenvalue weighted by Crippen LogP contribution is -2.39. The summed E-state index contributed by atoms with van der Waals surface area (Å²) in [6.07, 6.45) is -2.50. The maximum absolute atomic E-state index is 13.4. The Morgan fingerprint density at radius 2 is 1.66 bits per heavy atom. The number of nitrogens with zero attached hydrogens (tertiary/aromatic N) is 4. The summed E-state index contributed by atoms with van der Waals surface area (Å²) in [5, 5.41) is 4.63. The molecule has 7 nitrogen and oxygen atoms in total. The minimum atomic E-state index is -4.36. The van der Waals surface area contributed by atoms with E-state index in [2.05, 4.69) is 16.9 Å². The molecule has 0 radical (unpaired) electrons. The summed E-state index contributed by atoms with van der Waals surface area (Å²) in [6.45, 7) is 12.4. The first-order valence-electron chi connectivity index (χ1n) is 11.7. The molecule has 2 aliphatic rings. The maximum atomic E-state index is 13.4. The molecule has 1 fully saturated rings. The van der Waals surface area contributed by atoms with Gasteiger partial charge in [-0.1, -0.05) is 25.1 Å². The number of aromatic nitrogens is 2. The van der Waals surface area contributed by atoms with Crippen LogP contribution in [-0.2, 0) is 35.3 Å². The van der Waals surface area contributed by atoms with Crippen molar-refractivity contribution >= 4 is 19.5 Å². The van der Waals surface area contributed by atoms with Crippen LogP contribution in [0.25, 0.3) is 0 Å². The summed E-state index contributed by atoms with van der Waals surface area (Å²) in [4.78, 5) is 33.4. The van der Waals surface area contributed by atoms with Crippen LogP contribution >= 0.6 is 0 Å². The number of piperidine rings is 1. The molecular formula is C25H33F3N4O3. The highest BCUT2D eigenvalue weighted by Gasteiger charge is 2.37. The zero-order valence-electron chi connectivity index (χ0n) is 20.3. The molecule has 0 unspecified atom stereocenters. The molecule has 10 heteroatoms. The van der Waals surface area contributed by atoms with E-state index in [9.17, 15) is 18.0 Å². The van der Waals surface area contributed by atoms with E-state index >= 15 is 0 Å². The minimum Gasteiger partial charge on any atom is -0.337 e. The molecule has 1 amide bonds. The number of benzene rings is 1. The Morgan fingerprint density at radius 1 is 1.03 bits per heavy atom. The van der Waals surface area contributed by atoms with Crippen molar-refractivity contribution in [3.63, 3.8) is 0 Å². The van der Waals surface area contributed by atoms with E-state index in [1.165, 1.54) is 6.07 Å². The Balaban J connectivity index is 0.00000103. The average molecular weight is 495 g/mol. The van der Waals surface area contributed by atoms with Crippen molar-refractivity contribution in [2.45, 2.75) is 58.3 Å². The van der Waals surface area contributed by atoms with Gasteiger partial charge in [0.1, 0.15) is 13.6 Å². The van der Waals surface area contributed by atoms with Crippen LogP contribution in [0.2, 0.25) is 0 Å². The highest BCUT2D eigenvalue weighted by atomic mass is 19.4. The molecule has 0 N–H and O–H groups in total. The molecule has 1 aromatic carbocycles. The molecule has 2 aliphatic heterocycles. The minimum absolute atomic E-state index is 0.0871. The maximum Gasteiger partial charge on any atom is 0.416 e. The highest BCUT2D eigenvalue weighted by molar-refractivity contribution is 5.94. The van der Waals surface area contributed by atoms with Gasteiger partial charge in [0, 0.05) is 38.3 Å². The molecule has 0 aliphatic carbocycles. The Labute approximate surface area is 203 Å². The van der Waals surface area contributed by atoms with Gasteiger partial charge in [-0.2, -0.15) is 18.3 Å². The lowest BCUT2D eigenvalue weighted by atomic mass is 9.86. The van der Waals surface area contributed by atoms with Gasteiger partial charge in [-0.05, 0) is 50.3 Å². The molecule has 0 atom stereocenters. The fourth-order valence-corrected chi connectivity index (χ4v) is 4.89. The van der Waals surface area contributed by atoms with Crippen molar-refractivity contribution < 1.29 is 27.6 Å². The van der Waals surface area contributed by atoms with Crippen LogP contribution in [0.4, 0.5) is 13.2 Å². The summed E-state index contributed by atoms with van der Waals surface area (Å²) in [5.74, 6) is -0.280. The molecule has 35 heavy (non-hydrogen) atoms. The van der Waals surface area contributed by atoms with Gasteiger partial charge in [0.2, 0.25) is 0 Å². The number of alkyl halides is 3. The van der Waals surface area contributed by atoms with Gasteiger partial charge >= 0.3 is 6.18 Å². The van der Waals surface area contributed by atoms with E-state index in [0.29, 0.717) is 43.7 Å². The van der Waals surface area contributed by atoms with Crippen LogP contribution in [0.5, 0.6) is 0 Å². The number of likely N-dealkylation sites (tertiary alicyclic amines) is 1. The topological polar surface area (TPSA) is 75.5 Å². The quantitative estimate of drug-likeness (QED) is 0.644. The zero-order valence-corrected chi connectivity index (χ0v) is 20.3. The number of halogens is 3. The predicted molar refractivity (Wildman–Crippen MR) is 126 cm³/mol. The van der Waals surface area contributed by atoms with E-state index in [1.54, 1.807) is 17.0 Å². The molecule has 0 saturated carbocycles. The summed E-state index contributed by atoms with van der Waals surface area (Å²) in [5.41, 5.74) is 2.47. The first kappa shape index (κ1) is 28.2. The molecule has 192 valence electrons. The van der Waals surface area contributed by atoms with E-state index in [1.807, 2.05) is 25.2 Å². The predicted octanol–water partition coefficient (Wildman–Crippen LogP) is 3.95. The fraction of sp³-hybridized carbons (Fsp3) is 0.520. The summed E-state index contributed by atoms with van der Waals surface area (Å²) < 4.78 is 42.1. The second kappa shape index (κ2) is 12.6. The van der Waals surface area contributed by atoms with E-state index in [4.69, 9.17) is 9.59 Å². The molecule has 0 bridgehead atoms. The molecule has 3 heterocycles. The summed E-state index contributed by atoms with van der Waals surface area (Å²) in [7, 11) is 0. The number of carbonyl (C=O) groups is 3. The van der Waals surface area contributed by atoms with Crippen LogP contribution in [0.1, 0.15) is 65.5 Å². The first-order chi connectivity index (χ1) is 16.8. The van der Waals surface area contributed by atoms with Crippen molar-refractivity contribution in [2.24, 2.45) is 0 Å². The van der Waals surface area contributed by atoms with Crippen molar-refractivity contribution in [3.8, 4) is 0 Å². The van der Waals surface area contributed by atoms with Crippen LogP contribution in [0.15, 0.2) is 24.3 Å². The second-order valence-electron chi connectivity index (χ2n) is 8.36. The second-order valence-corrected chi connectivity index (χ2v) is 8.36. The molecule has 0 spiro atoms. The summed E-state index contributed by atoms with van der Waals surface area (Å²) in [6, 6.07) is 5.81. The average Bonchev–Trinajstić information content (AvgIpc) is 3.28. The number of hydrogen-bond acceptors (Lipinski definition) is 5. The van der Waals surface area contributed by atoms with E-state index < -0.39 is 11.7 Å². The number of aryl methyl sites for hydroxylation is 1. The van der Waals surface area contributed by atoms with Gasteiger partial charge in [-0.15, -0.1) is 0 Å². The van der Waals surface area contributed by atoms with Gasteiger partial charge in [0.15, 0.2) is 5.69 Å². The number of carbonyl (C=O) groups excluding carboxylic acids is 3. The number of amides is 1. The normalized spacial score (nSPS) is 16.4. The Bertz CT molecular complexity index is 983. The van der Waals surface area contributed by atoms with Crippen molar-refractivity contribution in [1.29, 1.82) is 0 Å². The third-order valence-corrected chi connectivity index (χ3v) is 6.66. The van der Waals surface area contributed by atoms with Crippen molar-refractivity contribution in [2.75, 3.05) is 26.2 Å². The van der Waals surface area contributed by atoms with Crippen molar-refractivity contribution in [3.05, 3.63) is 52.3 Å². The molecule has 2 aromatic rings. The lowest BCUT2D eigenvalue weighted by molar-refractivity contribution is -0.138. The molecule has 1 saturated heterocycles. The fourth-order valence-electron chi connectivity index (χ4n) is 4.89. The molecule has 1 aromatic heterocycles. The SMILES string of the molecule is C=O.C=O.CCN1CCc2c(C(=O)N3CCC(c4ccccc4C(F)(F)F)CC3)nn(CC)c2C1. The highest BCUT2D eigenvalue weighted by Crippen LogP contribution is 2.39. The van der Waals surface area contributed by atoms with Crippen LogP contribution in [-0.4, -0.2) is 65.2 Å². The van der Waals surface area contributed by atoms with Gasteiger partial charge in [0.25, 0.3) is 5.91 Å². The smallest absolute Gasteiger partial charge is 0.337 e. The van der Waals surface area contributed by atoms with Crippen molar-refractivity contribution in [1.82, 2.24) is 19.6 Å². The van der Waals surface area contributed by atoms with Crippen LogP contribution < -0.4 is 0 Å². The zero-order chi connectivity index (χ0) is 26.2.